The van der Waals surface area contributed by atoms with Gasteiger partial charge in [-0.2, -0.15) is 5.10 Å². The van der Waals surface area contributed by atoms with Crippen molar-refractivity contribution in [1.29, 1.82) is 0 Å². The molecule has 11 heteroatoms. The van der Waals surface area contributed by atoms with Gasteiger partial charge in [-0.15, -0.1) is 0 Å². The molecule has 36 heavy (non-hydrogen) atoms. The normalized spacial score (nSPS) is 11.2. The predicted molar refractivity (Wildman–Crippen MR) is 139 cm³/mol. The summed E-state index contributed by atoms with van der Waals surface area (Å²) in [5, 5.41) is 4.15. The molecular formula is C25H26ClN3O6S. The van der Waals surface area contributed by atoms with Crippen molar-refractivity contribution in [2.24, 2.45) is 5.10 Å². The Balaban J connectivity index is 1.87. The van der Waals surface area contributed by atoms with Crippen molar-refractivity contribution in [3.8, 4) is 17.2 Å². The topological polar surface area (TPSA) is 107 Å². The van der Waals surface area contributed by atoms with E-state index in [4.69, 9.17) is 25.8 Å². The van der Waals surface area contributed by atoms with E-state index < -0.39 is 22.5 Å². The Hall–Kier alpha value is -3.76. The van der Waals surface area contributed by atoms with Gasteiger partial charge in [-0.1, -0.05) is 29.3 Å². The molecule has 0 atom stereocenters. The van der Waals surface area contributed by atoms with Gasteiger partial charge in [0.25, 0.3) is 15.9 Å². The van der Waals surface area contributed by atoms with Crippen molar-refractivity contribution in [2.45, 2.75) is 11.8 Å². The Morgan fingerprint density at radius 1 is 0.972 bits per heavy atom. The molecule has 0 aliphatic carbocycles. The summed E-state index contributed by atoms with van der Waals surface area (Å²) in [6, 6.07) is 15.9. The first kappa shape index (κ1) is 26.8. The van der Waals surface area contributed by atoms with E-state index in [1.54, 1.807) is 30.3 Å². The van der Waals surface area contributed by atoms with Gasteiger partial charge in [0, 0.05) is 11.6 Å². The van der Waals surface area contributed by atoms with Crippen LogP contribution in [0.15, 0.2) is 70.7 Å². The van der Waals surface area contributed by atoms with Crippen LogP contribution in [0.2, 0.25) is 5.02 Å². The number of rotatable bonds is 10. The fraction of sp³-hybridized carbons (Fsp3) is 0.200. The number of aryl methyl sites for hydroxylation is 1. The molecule has 0 fully saturated rings. The van der Waals surface area contributed by atoms with Gasteiger partial charge in [0.2, 0.25) is 0 Å². The molecule has 0 bridgehead atoms. The first-order valence-electron chi connectivity index (χ1n) is 10.7. The van der Waals surface area contributed by atoms with E-state index in [0.29, 0.717) is 22.8 Å². The molecule has 1 N–H and O–H groups in total. The third-order valence-electron chi connectivity index (χ3n) is 5.15. The van der Waals surface area contributed by atoms with Crippen molar-refractivity contribution in [3.05, 3.63) is 76.8 Å². The predicted octanol–water partition coefficient (Wildman–Crippen LogP) is 4.02. The first-order valence-corrected chi connectivity index (χ1v) is 12.5. The lowest BCUT2D eigenvalue weighted by atomic mass is 10.2. The average Bonchev–Trinajstić information content (AvgIpc) is 2.87. The Labute approximate surface area is 215 Å². The third-order valence-corrected chi connectivity index (χ3v) is 7.24. The zero-order valence-electron chi connectivity index (χ0n) is 20.2. The lowest BCUT2D eigenvalue weighted by Gasteiger charge is -2.24. The number of hydrogen-bond donors (Lipinski definition) is 1. The molecule has 0 aromatic heterocycles. The zero-order chi connectivity index (χ0) is 26.3. The molecule has 0 unspecified atom stereocenters. The summed E-state index contributed by atoms with van der Waals surface area (Å²) in [6.45, 7) is 1.30. The smallest absolute Gasteiger partial charge is 0.264 e. The monoisotopic (exact) mass is 531 g/mol. The summed E-state index contributed by atoms with van der Waals surface area (Å²) in [6.07, 6.45) is 1.39. The molecule has 0 spiro atoms. The van der Waals surface area contributed by atoms with Crippen LogP contribution >= 0.6 is 11.6 Å². The lowest BCUT2D eigenvalue weighted by molar-refractivity contribution is -0.119. The Kier molecular flexibility index (Phi) is 8.78. The molecule has 0 aliphatic rings. The molecular weight excluding hydrogens is 506 g/mol. The number of hydrazone groups is 1. The number of nitrogens with zero attached hydrogens (tertiary/aromatic N) is 2. The first-order chi connectivity index (χ1) is 17.2. The SMILES string of the molecule is COc1ccc(/C=N\NC(=O)CN(c2ccc(OC)c(Cl)c2)S(=O)(=O)c2ccc(C)cc2)c(OC)c1. The Morgan fingerprint density at radius 2 is 1.67 bits per heavy atom. The summed E-state index contributed by atoms with van der Waals surface area (Å²) in [5.41, 5.74) is 4.04. The summed E-state index contributed by atoms with van der Waals surface area (Å²) in [7, 11) is 0.374. The van der Waals surface area contributed by atoms with Gasteiger partial charge in [-0.05, 0) is 49.4 Å². The number of amides is 1. The van der Waals surface area contributed by atoms with E-state index in [9.17, 15) is 13.2 Å². The highest BCUT2D eigenvalue weighted by atomic mass is 35.5. The van der Waals surface area contributed by atoms with Crippen LogP contribution in [0, 0.1) is 6.92 Å². The minimum absolute atomic E-state index is 0.0271. The van der Waals surface area contributed by atoms with Crippen molar-refractivity contribution >= 4 is 39.4 Å². The number of nitrogens with one attached hydrogen (secondary N) is 1. The third kappa shape index (κ3) is 6.27. The van der Waals surface area contributed by atoms with E-state index >= 15 is 0 Å². The maximum absolute atomic E-state index is 13.5. The highest BCUT2D eigenvalue weighted by molar-refractivity contribution is 7.92. The van der Waals surface area contributed by atoms with Crippen molar-refractivity contribution in [2.75, 3.05) is 32.2 Å². The number of ether oxygens (including phenoxy) is 3. The van der Waals surface area contributed by atoms with Gasteiger partial charge in [0.15, 0.2) is 0 Å². The van der Waals surface area contributed by atoms with Crippen molar-refractivity contribution in [1.82, 2.24) is 5.43 Å². The standard InChI is InChI=1S/C25H26ClN3O6S/c1-17-5-10-21(11-6-17)36(31,32)29(19-8-12-23(34-3)22(26)13-19)16-25(30)28-27-15-18-7-9-20(33-2)14-24(18)35-4/h5-15H,16H2,1-4H3,(H,28,30)/b27-15-. The highest BCUT2D eigenvalue weighted by Gasteiger charge is 2.28. The largest absolute Gasteiger partial charge is 0.497 e. The van der Waals surface area contributed by atoms with E-state index in [0.717, 1.165) is 9.87 Å². The van der Waals surface area contributed by atoms with E-state index in [2.05, 4.69) is 10.5 Å². The van der Waals surface area contributed by atoms with Gasteiger partial charge in [0.05, 0.1) is 43.1 Å². The highest BCUT2D eigenvalue weighted by Crippen LogP contribution is 2.32. The van der Waals surface area contributed by atoms with E-state index in [1.165, 1.54) is 57.9 Å². The maximum Gasteiger partial charge on any atom is 0.264 e. The Bertz CT molecular complexity index is 1360. The van der Waals surface area contributed by atoms with Gasteiger partial charge in [-0.3, -0.25) is 9.10 Å². The quantitative estimate of drug-likeness (QED) is 0.313. The van der Waals surface area contributed by atoms with Crippen LogP contribution in [-0.2, 0) is 14.8 Å². The fourth-order valence-electron chi connectivity index (χ4n) is 3.23. The molecule has 190 valence electrons. The minimum Gasteiger partial charge on any atom is -0.497 e. The number of carbonyl (C=O) groups is 1. The van der Waals surface area contributed by atoms with Crippen LogP contribution in [0.5, 0.6) is 17.2 Å². The summed E-state index contributed by atoms with van der Waals surface area (Å²) in [4.78, 5) is 12.8. The molecule has 3 aromatic rings. The molecule has 3 aromatic carbocycles. The van der Waals surface area contributed by atoms with Crippen LogP contribution in [0.1, 0.15) is 11.1 Å². The number of hydrogen-bond acceptors (Lipinski definition) is 7. The number of methoxy groups -OCH3 is 3. The maximum atomic E-state index is 13.5. The summed E-state index contributed by atoms with van der Waals surface area (Å²) >= 11 is 6.24. The molecule has 0 saturated heterocycles. The van der Waals surface area contributed by atoms with Gasteiger partial charge in [0.1, 0.15) is 23.8 Å². The van der Waals surface area contributed by atoms with Crippen LogP contribution in [-0.4, -0.2) is 48.4 Å². The van der Waals surface area contributed by atoms with Crippen LogP contribution in [0.3, 0.4) is 0 Å². The minimum atomic E-state index is -4.11. The number of sulfonamides is 1. The molecule has 1 amide bonds. The number of benzene rings is 3. The second-order valence-corrected chi connectivity index (χ2v) is 9.81. The zero-order valence-corrected chi connectivity index (χ0v) is 21.8. The molecule has 0 radical (unpaired) electrons. The van der Waals surface area contributed by atoms with Crippen LogP contribution in [0.25, 0.3) is 0 Å². The number of carbonyl (C=O) groups excluding carboxylic acids is 1. The van der Waals surface area contributed by atoms with E-state index in [1.807, 2.05) is 6.92 Å². The second-order valence-electron chi connectivity index (χ2n) is 7.54. The summed E-state index contributed by atoms with van der Waals surface area (Å²) in [5.74, 6) is 0.795. The fourth-order valence-corrected chi connectivity index (χ4v) is 4.89. The van der Waals surface area contributed by atoms with Crippen molar-refractivity contribution < 1.29 is 27.4 Å². The van der Waals surface area contributed by atoms with Gasteiger partial charge < -0.3 is 14.2 Å². The van der Waals surface area contributed by atoms with Gasteiger partial charge >= 0.3 is 0 Å². The number of anilines is 1. The van der Waals surface area contributed by atoms with Crippen molar-refractivity contribution in [3.63, 3.8) is 0 Å². The van der Waals surface area contributed by atoms with Crippen LogP contribution < -0.4 is 23.9 Å². The Morgan fingerprint density at radius 3 is 2.28 bits per heavy atom. The summed E-state index contributed by atoms with van der Waals surface area (Å²) < 4.78 is 43.6. The van der Waals surface area contributed by atoms with E-state index in [-0.39, 0.29) is 15.6 Å². The molecule has 0 saturated carbocycles. The van der Waals surface area contributed by atoms with Gasteiger partial charge in [-0.25, -0.2) is 13.8 Å². The molecule has 0 heterocycles. The lowest BCUT2D eigenvalue weighted by Crippen LogP contribution is -2.39. The molecule has 9 nitrogen and oxygen atoms in total. The number of halogens is 1. The van der Waals surface area contributed by atoms with Crippen LogP contribution in [0.4, 0.5) is 5.69 Å². The second kappa shape index (κ2) is 11.8. The molecule has 0 aliphatic heterocycles. The molecule has 3 rings (SSSR count). The average molecular weight is 532 g/mol.